The van der Waals surface area contributed by atoms with Crippen molar-refractivity contribution in [2.75, 3.05) is 0 Å². The van der Waals surface area contributed by atoms with E-state index in [0.717, 1.165) is 32.1 Å². The Hall–Kier alpha value is -1.31. The van der Waals surface area contributed by atoms with E-state index in [1.807, 2.05) is 6.92 Å². The lowest BCUT2D eigenvalue weighted by molar-refractivity contribution is -0.434. The summed E-state index contributed by atoms with van der Waals surface area (Å²) in [7, 11) is 0. The third-order valence-corrected chi connectivity index (χ3v) is 11.4. The van der Waals surface area contributed by atoms with Crippen LogP contribution in [0.5, 0.6) is 0 Å². The number of ketones is 2. The third kappa shape index (κ3) is 5.81. The summed E-state index contributed by atoms with van der Waals surface area (Å²) in [5.74, 6) is -0.531. The van der Waals surface area contributed by atoms with Gasteiger partial charge in [0, 0.05) is 31.6 Å². The molecule has 0 saturated heterocycles. The quantitative estimate of drug-likeness (QED) is 0.0999. The van der Waals surface area contributed by atoms with Gasteiger partial charge in [-0.3, -0.25) is 14.4 Å². The van der Waals surface area contributed by atoms with Crippen molar-refractivity contribution in [2.45, 2.75) is 103 Å². The maximum absolute atomic E-state index is 13.9. The number of hydrogen-bond acceptors (Lipinski definition) is 8. The zero-order valence-corrected chi connectivity index (χ0v) is 23.6. The number of ether oxygens (including phenoxy) is 1. The average Bonchev–Trinajstić information content (AvgIpc) is 3.22. The molecular formula is C27H37F5O7S. The molecule has 1 N–H and O–H groups in total. The van der Waals surface area contributed by atoms with Crippen LogP contribution in [0.4, 0.5) is 22.0 Å². The molecule has 0 aromatic heterocycles. The molecule has 228 valence electrons. The number of halogens is 5. The van der Waals surface area contributed by atoms with Gasteiger partial charge in [0.1, 0.15) is 23.6 Å². The molecule has 0 aliphatic heterocycles. The van der Waals surface area contributed by atoms with Crippen molar-refractivity contribution in [3.05, 3.63) is 0 Å². The van der Waals surface area contributed by atoms with Crippen LogP contribution in [0.3, 0.4) is 0 Å². The van der Waals surface area contributed by atoms with Gasteiger partial charge in [0.2, 0.25) is 0 Å². The number of fused-ring (bicyclic) bond motifs is 5. The minimum absolute atomic E-state index is 0.0367. The summed E-state index contributed by atoms with van der Waals surface area (Å²) < 4.78 is 75.2. The van der Waals surface area contributed by atoms with Crippen LogP contribution in [0.2, 0.25) is 0 Å². The molecule has 0 aromatic carbocycles. The van der Waals surface area contributed by atoms with Gasteiger partial charge >= 0.3 is 17.4 Å². The molecule has 4 aliphatic rings. The average molecular weight is 601 g/mol. The minimum Gasteiger partial charge on any atom is -0.445 e. The number of hydrogen-bond donors (Lipinski definition) is 1. The Kier molecular flexibility index (Phi) is 9.02. The SMILES string of the molecule is CC(CCC(=O)OC(C(F)(F)F)C(F)(F)SOOO)[C@H]1CC[C@H]2[C@@H]3C(=O)C[C@@H]4CC(=O)CC[C@]4(C)[C@H]3CC[C@]12C. The molecule has 9 atom stereocenters. The highest BCUT2D eigenvalue weighted by molar-refractivity contribution is 7.95. The van der Waals surface area contributed by atoms with E-state index in [1.54, 1.807) is 0 Å². The van der Waals surface area contributed by atoms with Crippen LogP contribution in [-0.2, 0) is 28.5 Å². The van der Waals surface area contributed by atoms with Crippen molar-refractivity contribution in [3.63, 3.8) is 0 Å². The number of rotatable bonds is 9. The molecule has 40 heavy (non-hydrogen) atoms. The topological polar surface area (TPSA) is 99.1 Å². The zero-order valence-electron chi connectivity index (χ0n) is 22.8. The largest absolute Gasteiger partial charge is 0.445 e. The zero-order chi connectivity index (χ0) is 29.7. The number of alkyl halides is 5. The summed E-state index contributed by atoms with van der Waals surface area (Å²) in [6.45, 7) is 6.33. The minimum atomic E-state index is -5.59. The van der Waals surface area contributed by atoms with Crippen LogP contribution in [-0.4, -0.2) is 40.3 Å². The Bertz CT molecular complexity index is 993. The van der Waals surface area contributed by atoms with Gasteiger partial charge in [-0.25, -0.2) is 5.26 Å². The lowest BCUT2D eigenvalue weighted by Crippen LogP contribution is -2.57. The molecule has 0 aromatic rings. The van der Waals surface area contributed by atoms with Gasteiger partial charge in [-0.15, -0.1) is 4.33 Å². The lowest BCUT2D eigenvalue weighted by Gasteiger charge is -2.59. The van der Waals surface area contributed by atoms with Crippen LogP contribution < -0.4 is 0 Å². The van der Waals surface area contributed by atoms with Crippen molar-refractivity contribution >= 4 is 29.6 Å². The van der Waals surface area contributed by atoms with E-state index in [0.29, 0.717) is 19.3 Å². The van der Waals surface area contributed by atoms with Gasteiger partial charge in [-0.2, -0.15) is 22.0 Å². The van der Waals surface area contributed by atoms with Gasteiger partial charge in [-0.1, -0.05) is 25.8 Å². The smallest absolute Gasteiger partial charge is 0.432 e. The molecule has 0 spiro atoms. The van der Waals surface area contributed by atoms with Crippen LogP contribution in [0.1, 0.15) is 85.0 Å². The van der Waals surface area contributed by atoms with Crippen molar-refractivity contribution in [2.24, 2.45) is 46.3 Å². The Morgan fingerprint density at radius 1 is 1.05 bits per heavy atom. The van der Waals surface area contributed by atoms with E-state index in [-0.39, 0.29) is 64.3 Å². The molecule has 13 heteroatoms. The molecule has 0 amide bonds. The first-order valence-corrected chi connectivity index (χ1v) is 14.6. The molecular weight excluding hydrogens is 563 g/mol. The summed E-state index contributed by atoms with van der Waals surface area (Å²) in [4.78, 5) is 37.9. The summed E-state index contributed by atoms with van der Waals surface area (Å²) in [6.07, 6.45) is -4.03. The molecule has 4 aliphatic carbocycles. The Labute approximate surface area is 234 Å². The fourth-order valence-electron chi connectivity index (χ4n) is 8.87. The third-order valence-electron chi connectivity index (χ3n) is 10.9. The molecule has 2 unspecified atom stereocenters. The Balaban J connectivity index is 1.40. The Morgan fingerprint density at radius 2 is 1.73 bits per heavy atom. The molecule has 0 radical (unpaired) electrons. The number of esters is 1. The van der Waals surface area contributed by atoms with Crippen molar-refractivity contribution in [3.8, 4) is 0 Å². The highest BCUT2D eigenvalue weighted by Gasteiger charge is 2.63. The van der Waals surface area contributed by atoms with E-state index in [9.17, 15) is 36.3 Å². The van der Waals surface area contributed by atoms with Crippen molar-refractivity contribution < 1.29 is 55.7 Å². The predicted octanol–water partition coefficient (Wildman–Crippen LogP) is 6.95. The van der Waals surface area contributed by atoms with Crippen molar-refractivity contribution in [1.29, 1.82) is 0 Å². The number of carbonyl (C=O) groups is 3. The maximum Gasteiger partial charge on any atom is 0.432 e. The van der Waals surface area contributed by atoms with E-state index >= 15 is 0 Å². The fourth-order valence-corrected chi connectivity index (χ4v) is 9.26. The van der Waals surface area contributed by atoms with E-state index in [4.69, 9.17) is 5.26 Å². The standard InChI is InChI=1S/C27H37F5O7S/c1-14(4-7-21(35)37-23(26(28,29)30)27(31,32)40-39-38-36)17-5-6-18-22-19(9-11-25(17,18)3)24(2)10-8-16(33)12-15(24)13-20(22)34/h14-15,17-19,22-23,36H,4-13H2,1-3H3/t14?,15-,17+,18-,19-,22-,23?,24-,25+/m0/s1. The first-order valence-electron chi connectivity index (χ1n) is 13.9. The van der Waals surface area contributed by atoms with Gasteiger partial charge in [0.05, 0.1) is 0 Å². The van der Waals surface area contributed by atoms with E-state index in [1.165, 1.54) is 0 Å². The molecule has 4 rings (SSSR count). The van der Waals surface area contributed by atoms with Gasteiger partial charge in [0.15, 0.2) is 0 Å². The monoisotopic (exact) mass is 600 g/mol. The van der Waals surface area contributed by atoms with E-state index < -0.39 is 42.0 Å². The summed E-state index contributed by atoms with van der Waals surface area (Å²) >= 11 is -1.12. The molecule has 4 fully saturated rings. The number of carbonyl (C=O) groups excluding carboxylic acids is 3. The van der Waals surface area contributed by atoms with Crippen LogP contribution in [0, 0.1) is 46.3 Å². The highest BCUT2D eigenvalue weighted by Crippen LogP contribution is 2.67. The van der Waals surface area contributed by atoms with Crippen LogP contribution >= 0.6 is 12.0 Å². The van der Waals surface area contributed by atoms with E-state index in [2.05, 4.69) is 28.0 Å². The highest BCUT2D eigenvalue weighted by atomic mass is 32.2. The summed E-state index contributed by atoms with van der Waals surface area (Å²) in [6, 6.07) is 0. The maximum atomic E-state index is 13.9. The van der Waals surface area contributed by atoms with Gasteiger partial charge in [-0.05, 0) is 78.9 Å². The molecule has 7 nitrogen and oxygen atoms in total. The fraction of sp³-hybridized carbons (Fsp3) is 0.889. The van der Waals surface area contributed by atoms with Crippen LogP contribution in [0.25, 0.3) is 0 Å². The second-order valence-electron chi connectivity index (χ2n) is 12.8. The lowest BCUT2D eigenvalue weighted by atomic mass is 9.44. The Morgan fingerprint density at radius 3 is 2.38 bits per heavy atom. The first-order chi connectivity index (χ1) is 18.5. The van der Waals surface area contributed by atoms with Gasteiger partial charge in [0.25, 0.3) is 6.10 Å². The molecule has 0 bridgehead atoms. The molecule has 0 heterocycles. The first kappa shape index (κ1) is 31.6. The second kappa shape index (κ2) is 11.4. The number of Topliss-reactive ketones (excluding diaryl/α,β-unsaturated/α-hetero) is 2. The van der Waals surface area contributed by atoms with Crippen LogP contribution in [0.15, 0.2) is 0 Å². The normalized spacial score (nSPS) is 37.8. The summed E-state index contributed by atoms with van der Waals surface area (Å²) in [5.41, 5.74) is -0.224. The summed E-state index contributed by atoms with van der Waals surface area (Å²) in [5, 5.41) is 6.19. The molecule has 4 saturated carbocycles. The predicted molar refractivity (Wildman–Crippen MR) is 132 cm³/mol. The van der Waals surface area contributed by atoms with Crippen molar-refractivity contribution in [1.82, 2.24) is 0 Å². The second-order valence-corrected chi connectivity index (χ2v) is 13.6. The van der Waals surface area contributed by atoms with Gasteiger partial charge < -0.3 is 4.74 Å².